The lowest BCUT2D eigenvalue weighted by molar-refractivity contribution is -0.384. The van der Waals surface area contributed by atoms with E-state index in [1.165, 1.54) is 18.2 Å². The molecule has 6 heteroatoms. The Hall–Kier alpha value is -1.95. The molecule has 1 unspecified atom stereocenters. The number of benzene rings is 1. The number of nitrogens with one attached hydrogen (secondary N) is 1. The summed E-state index contributed by atoms with van der Waals surface area (Å²) in [5, 5.41) is 22.9. The first kappa shape index (κ1) is 15.1. The van der Waals surface area contributed by atoms with Crippen LogP contribution in [0.15, 0.2) is 18.2 Å². The maximum absolute atomic E-state index is 12.1. The van der Waals surface area contributed by atoms with Gasteiger partial charge in [0, 0.05) is 17.7 Å². The number of nitro groups is 1. The quantitative estimate of drug-likeness (QED) is 0.642. The minimum absolute atomic E-state index is 0.134. The monoisotopic (exact) mass is 266 g/mol. The fourth-order valence-electron chi connectivity index (χ4n) is 1.43. The summed E-state index contributed by atoms with van der Waals surface area (Å²) in [6.45, 7) is 6.64. The van der Waals surface area contributed by atoms with Crippen LogP contribution in [0.25, 0.3) is 0 Å². The lowest BCUT2D eigenvalue weighted by Crippen LogP contribution is -2.51. The second-order valence-corrected chi connectivity index (χ2v) is 5.11. The zero-order valence-electron chi connectivity index (χ0n) is 11.4. The van der Waals surface area contributed by atoms with E-state index in [1.54, 1.807) is 27.7 Å². The third-order valence-electron chi connectivity index (χ3n) is 3.16. The number of aryl methyl sites for hydroxylation is 1. The molecule has 0 aromatic heterocycles. The molecule has 0 aliphatic carbocycles. The van der Waals surface area contributed by atoms with Crippen molar-refractivity contribution in [2.75, 3.05) is 0 Å². The number of nitrogens with zero attached hydrogens (tertiary/aromatic N) is 1. The van der Waals surface area contributed by atoms with E-state index < -0.39 is 22.5 Å². The van der Waals surface area contributed by atoms with Crippen LogP contribution < -0.4 is 5.32 Å². The largest absolute Gasteiger partial charge is 0.391 e. The number of carbonyl (C=O) groups is 1. The summed E-state index contributed by atoms with van der Waals surface area (Å²) in [7, 11) is 0. The molecule has 0 saturated carbocycles. The Bertz CT molecular complexity index is 509. The first-order valence-electron chi connectivity index (χ1n) is 5.91. The summed E-state index contributed by atoms with van der Waals surface area (Å²) in [4.78, 5) is 22.3. The molecule has 1 aromatic carbocycles. The minimum atomic E-state index is -0.811. The molecule has 0 spiro atoms. The molecule has 6 nitrogen and oxygen atoms in total. The number of nitro benzene ring substituents is 1. The van der Waals surface area contributed by atoms with Crippen LogP contribution in [0.5, 0.6) is 0 Å². The van der Waals surface area contributed by atoms with Crippen molar-refractivity contribution in [3.63, 3.8) is 0 Å². The zero-order chi connectivity index (χ0) is 14.8. The van der Waals surface area contributed by atoms with Crippen molar-refractivity contribution >= 4 is 11.6 Å². The maximum Gasteiger partial charge on any atom is 0.270 e. The van der Waals surface area contributed by atoms with Gasteiger partial charge in [-0.15, -0.1) is 0 Å². The Morgan fingerprint density at radius 3 is 2.53 bits per heavy atom. The molecule has 0 aliphatic rings. The molecule has 0 aliphatic heterocycles. The Morgan fingerprint density at radius 2 is 2.05 bits per heavy atom. The van der Waals surface area contributed by atoms with E-state index in [9.17, 15) is 20.0 Å². The van der Waals surface area contributed by atoms with Crippen molar-refractivity contribution in [1.29, 1.82) is 0 Å². The first-order valence-corrected chi connectivity index (χ1v) is 5.91. The lowest BCUT2D eigenvalue weighted by Gasteiger charge is -2.29. The van der Waals surface area contributed by atoms with E-state index in [-0.39, 0.29) is 11.3 Å². The number of non-ortho nitro benzene ring substituents is 1. The van der Waals surface area contributed by atoms with Gasteiger partial charge in [0.1, 0.15) is 0 Å². The van der Waals surface area contributed by atoms with Gasteiger partial charge in [-0.05, 0) is 33.3 Å². The third kappa shape index (κ3) is 3.51. The highest BCUT2D eigenvalue weighted by Gasteiger charge is 2.27. The molecule has 19 heavy (non-hydrogen) atoms. The molecular formula is C13H18N2O4. The van der Waals surface area contributed by atoms with Gasteiger partial charge in [0.15, 0.2) is 0 Å². The van der Waals surface area contributed by atoms with Gasteiger partial charge in [-0.25, -0.2) is 0 Å². The summed E-state index contributed by atoms with van der Waals surface area (Å²) in [6, 6.07) is 4.12. The number of aliphatic hydroxyl groups excluding tert-OH is 1. The van der Waals surface area contributed by atoms with Gasteiger partial charge in [-0.3, -0.25) is 14.9 Å². The van der Waals surface area contributed by atoms with E-state index in [1.807, 2.05) is 0 Å². The van der Waals surface area contributed by atoms with Crippen LogP contribution in [-0.2, 0) is 0 Å². The molecule has 1 aromatic rings. The van der Waals surface area contributed by atoms with Gasteiger partial charge < -0.3 is 10.4 Å². The smallest absolute Gasteiger partial charge is 0.270 e. The fraction of sp³-hybridized carbons (Fsp3) is 0.462. The van der Waals surface area contributed by atoms with E-state index in [0.717, 1.165) is 0 Å². The van der Waals surface area contributed by atoms with E-state index >= 15 is 0 Å². The van der Waals surface area contributed by atoms with Crippen molar-refractivity contribution in [2.24, 2.45) is 0 Å². The van der Waals surface area contributed by atoms with Crippen molar-refractivity contribution in [3.8, 4) is 0 Å². The number of hydrogen-bond acceptors (Lipinski definition) is 4. The molecule has 0 bridgehead atoms. The van der Waals surface area contributed by atoms with Crippen molar-refractivity contribution in [2.45, 2.75) is 39.3 Å². The SMILES string of the molecule is Cc1ccc([N+](=O)[O-])cc1C(=O)NC(C)(C)C(C)O. The summed E-state index contributed by atoms with van der Waals surface area (Å²) >= 11 is 0. The summed E-state index contributed by atoms with van der Waals surface area (Å²) in [5.74, 6) is -0.438. The highest BCUT2D eigenvalue weighted by molar-refractivity contribution is 5.96. The number of rotatable bonds is 4. The van der Waals surface area contributed by atoms with Crippen molar-refractivity contribution in [3.05, 3.63) is 39.4 Å². The summed E-state index contributed by atoms with van der Waals surface area (Å²) in [6.07, 6.45) is -0.740. The zero-order valence-corrected chi connectivity index (χ0v) is 11.4. The average molecular weight is 266 g/mol. The topological polar surface area (TPSA) is 92.5 Å². The Morgan fingerprint density at radius 1 is 1.47 bits per heavy atom. The highest BCUT2D eigenvalue weighted by Crippen LogP contribution is 2.18. The Kier molecular flexibility index (Phi) is 4.26. The second kappa shape index (κ2) is 5.36. The average Bonchev–Trinajstić information content (AvgIpc) is 2.28. The normalized spacial score (nSPS) is 12.9. The molecule has 1 atom stereocenters. The number of hydrogen-bond donors (Lipinski definition) is 2. The molecular weight excluding hydrogens is 248 g/mol. The van der Waals surface area contributed by atoms with E-state index in [2.05, 4.69) is 5.32 Å². The van der Waals surface area contributed by atoms with Gasteiger partial charge in [0.25, 0.3) is 11.6 Å². The van der Waals surface area contributed by atoms with Gasteiger partial charge in [0.2, 0.25) is 0 Å². The van der Waals surface area contributed by atoms with Crippen LogP contribution >= 0.6 is 0 Å². The van der Waals surface area contributed by atoms with Crippen molar-refractivity contribution < 1.29 is 14.8 Å². The van der Waals surface area contributed by atoms with Crippen LogP contribution in [0.1, 0.15) is 36.7 Å². The van der Waals surface area contributed by atoms with Gasteiger partial charge in [-0.2, -0.15) is 0 Å². The minimum Gasteiger partial charge on any atom is -0.391 e. The Balaban J connectivity index is 3.06. The van der Waals surface area contributed by atoms with Crippen LogP contribution in [0, 0.1) is 17.0 Å². The molecule has 1 amide bonds. The lowest BCUT2D eigenvalue weighted by atomic mass is 9.97. The Labute approximate surface area is 111 Å². The molecule has 104 valence electrons. The van der Waals surface area contributed by atoms with E-state index in [4.69, 9.17) is 0 Å². The molecule has 0 heterocycles. The van der Waals surface area contributed by atoms with Crippen LogP contribution in [0.3, 0.4) is 0 Å². The molecule has 0 fully saturated rings. The first-order chi connectivity index (χ1) is 8.65. The number of amides is 1. The van der Waals surface area contributed by atoms with Crippen LogP contribution in [0.2, 0.25) is 0 Å². The van der Waals surface area contributed by atoms with Gasteiger partial charge in [-0.1, -0.05) is 6.07 Å². The van der Waals surface area contributed by atoms with Gasteiger partial charge in [0.05, 0.1) is 16.6 Å². The predicted molar refractivity (Wildman–Crippen MR) is 71.1 cm³/mol. The highest BCUT2D eigenvalue weighted by atomic mass is 16.6. The van der Waals surface area contributed by atoms with E-state index in [0.29, 0.717) is 5.56 Å². The summed E-state index contributed by atoms with van der Waals surface area (Å²) < 4.78 is 0. The van der Waals surface area contributed by atoms with Crippen LogP contribution in [-0.4, -0.2) is 27.6 Å². The predicted octanol–water partition coefficient (Wildman–Crippen LogP) is 1.79. The number of carbonyl (C=O) groups excluding carboxylic acids is 1. The second-order valence-electron chi connectivity index (χ2n) is 5.11. The third-order valence-corrected chi connectivity index (χ3v) is 3.16. The molecule has 0 saturated heterocycles. The number of aliphatic hydroxyl groups is 1. The summed E-state index contributed by atoms with van der Waals surface area (Å²) in [5.41, 5.74) is -0.0632. The molecule has 0 radical (unpaired) electrons. The van der Waals surface area contributed by atoms with Crippen LogP contribution in [0.4, 0.5) is 5.69 Å². The molecule has 1 rings (SSSR count). The van der Waals surface area contributed by atoms with Crippen molar-refractivity contribution in [1.82, 2.24) is 5.32 Å². The maximum atomic E-state index is 12.1. The standard InChI is InChI=1S/C13H18N2O4/c1-8-5-6-10(15(18)19)7-11(8)12(17)14-13(3,4)9(2)16/h5-7,9,16H,1-4H3,(H,14,17). The molecule has 2 N–H and O–H groups in total. The fourth-order valence-corrected chi connectivity index (χ4v) is 1.43. The van der Waals surface area contributed by atoms with Gasteiger partial charge >= 0.3 is 0 Å².